The highest BCUT2D eigenvalue weighted by Crippen LogP contribution is 2.39. The maximum Gasteiger partial charge on any atom is 0.254 e. The lowest BCUT2D eigenvalue weighted by atomic mass is 9.96. The third kappa shape index (κ3) is 3.33. The SMILES string of the molecule is CC(C)(C)[Si](C)(C)OOc1ccccc1C1CC=CC1. The van der Waals surface area contributed by atoms with Crippen molar-refractivity contribution >= 4 is 8.32 Å². The fourth-order valence-electron chi connectivity index (χ4n) is 2.04. The van der Waals surface area contributed by atoms with E-state index in [2.05, 4.69) is 58.2 Å². The predicted octanol–water partition coefficient (Wildman–Crippen LogP) is 5.44. The maximum absolute atomic E-state index is 5.90. The van der Waals surface area contributed by atoms with Gasteiger partial charge < -0.3 is 4.89 Å². The minimum Gasteiger partial charge on any atom is -0.349 e. The van der Waals surface area contributed by atoms with Crippen LogP contribution < -0.4 is 4.89 Å². The van der Waals surface area contributed by atoms with E-state index in [0.717, 1.165) is 18.6 Å². The van der Waals surface area contributed by atoms with Crippen LogP contribution in [0.4, 0.5) is 0 Å². The van der Waals surface area contributed by atoms with Gasteiger partial charge in [0.25, 0.3) is 8.32 Å². The lowest BCUT2D eigenvalue weighted by Gasteiger charge is -2.34. The van der Waals surface area contributed by atoms with Crippen molar-refractivity contribution in [3.05, 3.63) is 42.0 Å². The largest absolute Gasteiger partial charge is 0.349 e. The Morgan fingerprint density at radius 1 is 1.05 bits per heavy atom. The van der Waals surface area contributed by atoms with Crippen LogP contribution in [0.2, 0.25) is 18.1 Å². The Morgan fingerprint density at radius 3 is 2.25 bits per heavy atom. The Balaban J connectivity index is 2.10. The molecule has 0 amide bonds. The van der Waals surface area contributed by atoms with E-state index >= 15 is 0 Å². The van der Waals surface area contributed by atoms with E-state index in [0.29, 0.717) is 5.92 Å². The minimum absolute atomic E-state index is 0.150. The van der Waals surface area contributed by atoms with Crippen LogP contribution >= 0.6 is 0 Å². The highest BCUT2D eigenvalue weighted by molar-refractivity contribution is 6.73. The molecule has 0 heterocycles. The summed E-state index contributed by atoms with van der Waals surface area (Å²) in [5.74, 6) is 1.42. The summed E-state index contributed by atoms with van der Waals surface area (Å²) >= 11 is 0. The molecule has 0 fully saturated rings. The van der Waals surface area contributed by atoms with Crippen molar-refractivity contribution in [1.82, 2.24) is 0 Å². The van der Waals surface area contributed by atoms with Crippen molar-refractivity contribution in [3.63, 3.8) is 0 Å². The molecule has 0 aliphatic heterocycles. The number of rotatable bonds is 4. The molecule has 0 spiro atoms. The van der Waals surface area contributed by atoms with Crippen LogP contribution in [-0.4, -0.2) is 8.32 Å². The lowest BCUT2D eigenvalue weighted by molar-refractivity contribution is -0.117. The van der Waals surface area contributed by atoms with Crippen LogP contribution in [0.1, 0.15) is 45.1 Å². The topological polar surface area (TPSA) is 18.5 Å². The summed E-state index contributed by atoms with van der Waals surface area (Å²) in [5.41, 5.74) is 1.26. The molecule has 2 rings (SSSR count). The molecule has 0 saturated heterocycles. The van der Waals surface area contributed by atoms with Crippen molar-refractivity contribution in [2.24, 2.45) is 0 Å². The van der Waals surface area contributed by atoms with Gasteiger partial charge in [-0.05, 0) is 43.0 Å². The van der Waals surface area contributed by atoms with Gasteiger partial charge >= 0.3 is 0 Å². The summed E-state index contributed by atoms with van der Waals surface area (Å²) < 4.78 is 5.90. The molecule has 0 bridgehead atoms. The number of hydrogen-bond acceptors (Lipinski definition) is 2. The molecule has 0 N–H and O–H groups in total. The average Bonchev–Trinajstić information content (AvgIpc) is 2.89. The number of hydrogen-bond donors (Lipinski definition) is 0. The molecule has 0 unspecified atom stereocenters. The molecular weight excluding hydrogens is 264 g/mol. The Hall–Kier alpha value is -1.06. The zero-order chi connectivity index (χ0) is 14.8. The first kappa shape index (κ1) is 15.3. The molecule has 0 saturated carbocycles. The number of allylic oxidation sites excluding steroid dienone is 2. The second-order valence-corrected chi connectivity index (χ2v) is 11.8. The zero-order valence-electron chi connectivity index (χ0n) is 13.3. The van der Waals surface area contributed by atoms with Crippen molar-refractivity contribution in [2.75, 3.05) is 0 Å². The molecule has 1 aliphatic carbocycles. The van der Waals surface area contributed by atoms with Crippen LogP contribution in [0.25, 0.3) is 0 Å². The van der Waals surface area contributed by atoms with Gasteiger partial charge in [0.2, 0.25) is 0 Å². The first-order valence-electron chi connectivity index (χ1n) is 7.41. The summed E-state index contributed by atoms with van der Waals surface area (Å²) in [4.78, 5) is 5.77. The maximum atomic E-state index is 5.90. The summed E-state index contributed by atoms with van der Waals surface area (Å²) in [6, 6.07) is 8.26. The summed E-state index contributed by atoms with van der Waals surface area (Å²) in [6.45, 7) is 11.1. The molecule has 0 aromatic heterocycles. The normalized spacial score (nSPS) is 16.6. The monoisotopic (exact) mass is 290 g/mol. The van der Waals surface area contributed by atoms with Gasteiger partial charge in [-0.15, -0.1) is 0 Å². The quantitative estimate of drug-likeness (QED) is 0.318. The highest BCUT2D eigenvalue weighted by atomic mass is 28.4. The van der Waals surface area contributed by atoms with Gasteiger partial charge in [-0.2, -0.15) is 0 Å². The van der Waals surface area contributed by atoms with Crippen LogP contribution in [0, 0.1) is 0 Å². The van der Waals surface area contributed by atoms with E-state index in [1.807, 2.05) is 12.1 Å². The minimum atomic E-state index is -1.89. The first-order valence-corrected chi connectivity index (χ1v) is 10.3. The van der Waals surface area contributed by atoms with Gasteiger partial charge in [-0.25, -0.2) is 4.58 Å². The molecule has 3 heteroatoms. The molecule has 2 nitrogen and oxygen atoms in total. The second-order valence-electron chi connectivity index (χ2n) is 7.10. The highest BCUT2D eigenvalue weighted by Gasteiger charge is 2.40. The molecule has 20 heavy (non-hydrogen) atoms. The van der Waals surface area contributed by atoms with E-state index in [9.17, 15) is 0 Å². The predicted molar refractivity (Wildman–Crippen MR) is 86.5 cm³/mol. The van der Waals surface area contributed by atoms with E-state index in [1.165, 1.54) is 5.56 Å². The number of benzene rings is 1. The van der Waals surface area contributed by atoms with Crippen molar-refractivity contribution in [3.8, 4) is 5.75 Å². The van der Waals surface area contributed by atoms with Crippen LogP contribution in [0.5, 0.6) is 5.75 Å². The van der Waals surface area contributed by atoms with Gasteiger partial charge in [0.15, 0.2) is 5.75 Å². The summed E-state index contributed by atoms with van der Waals surface area (Å²) in [5, 5.41) is 0.150. The van der Waals surface area contributed by atoms with Crippen LogP contribution in [-0.2, 0) is 4.58 Å². The van der Waals surface area contributed by atoms with Gasteiger partial charge in [0, 0.05) is 5.56 Å². The van der Waals surface area contributed by atoms with E-state index in [-0.39, 0.29) is 5.04 Å². The summed E-state index contributed by atoms with van der Waals surface area (Å²) in [6.07, 6.45) is 6.69. The number of para-hydroxylation sites is 1. The zero-order valence-corrected chi connectivity index (χ0v) is 14.3. The van der Waals surface area contributed by atoms with Crippen LogP contribution in [0.15, 0.2) is 36.4 Å². The standard InChI is InChI=1S/C17H26O2Si/c1-17(2,3)20(4,5)19-18-16-13-9-8-12-15(16)14-10-6-7-11-14/h6-9,12-14H,10-11H2,1-5H3. The van der Waals surface area contributed by atoms with Crippen molar-refractivity contribution < 1.29 is 9.46 Å². The van der Waals surface area contributed by atoms with E-state index in [4.69, 9.17) is 9.46 Å². The van der Waals surface area contributed by atoms with E-state index in [1.54, 1.807) is 0 Å². The smallest absolute Gasteiger partial charge is 0.254 e. The van der Waals surface area contributed by atoms with Crippen molar-refractivity contribution in [1.29, 1.82) is 0 Å². The Labute approximate surface area is 123 Å². The average molecular weight is 290 g/mol. The molecule has 1 aliphatic rings. The van der Waals surface area contributed by atoms with Gasteiger partial charge in [-0.3, -0.25) is 0 Å². The Kier molecular flexibility index (Phi) is 4.40. The molecule has 110 valence electrons. The fourth-order valence-corrected chi connectivity index (χ4v) is 2.59. The van der Waals surface area contributed by atoms with Crippen LogP contribution in [0.3, 0.4) is 0 Å². The van der Waals surface area contributed by atoms with Crippen molar-refractivity contribution in [2.45, 2.75) is 57.7 Å². The van der Waals surface area contributed by atoms with Gasteiger partial charge in [-0.1, -0.05) is 51.1 Å². The second kappa shape index (κ2) is 5.74. The Bertz CT molecular complexity index is 478. The molecule has 1 aromatic rings. The molecule has 1 aromatic carbocycles. The molecular formula is C17H26O2Si. The van der Waals surface area contributed by atoms with Gasteiger partial charge in [0.1, 0.15) is 0 Å². The lowest BCUT2D eigenvalue weighted by Crippen LogP contribution is -2.41. The van der Waals surface area contributed by atoms with E-state index < -0.39 is 8.32 Å². The molecule has 0 atom stereocenters. The van der Waals surface area contributed by atoms with Gasteiger partial charge in [0.05, 0.1) is 0 Å². The fraction of sp³-hybridized carbons (Fsp3) is 0.529. The third-order valence-corrected chi connectivity index (χ3v) is 8.63. The Morgan fingerprint density at radius 2 is 1.65 bits per heavy atom. The summed E-state index contributed by atoms with van der Waals surface area (Å²) in [7, 11) is -1.89. The first-order chi connectivity index (χ1) is 9.31. The third-order valence-electron chi connectivity index (χ3n) is 4.51. The molecule has 0 radical (unpaired) electrons.